The largest absolute Gasteiger partial charge is 0.470 e. The Morgan fingerprint density at radius 3 is 2.67 bits per heavy atom. The first-order valence-corrected chi connectivity index (χ1v) is 5.91. The van der Waals surface area contributed by atoms with E-state index in [9.17, 15) is 4.79 Å². The maximum absolute atomic E-state index is 10.6. The summed E-state index contributed by atoms with van der Waals surface area (Å²) in [5, 5.41) is 0.659. The SMILES string of the molecule is O=Cc1ccc(N2COc3cc(Cl)ccc32)cc1. The van der Waals surface area contributed by atoms with Crippen molar-refractivity contribution in [2.24, 2.45) is 0 Å². The third-order valence-corrected chi connectivity index (χ3v) is 3.14. The summed E-state index contributed by atoms with van der Waals surface area (Å²) in [5.41, 5.74) is 2.63. The number of ether oxygens (including phenoxy) is 1. The van der Waals surface area contributed by atoms with Crippen LogP contribution < -0.4 is 9.64 Å². The van der Waals surface area contributed by atoms with Crippen molar-refractivity contribution in [3.63, 3.8) is 0 Å². The number of hydrogen-bond acceptors (Lipinski definition) is 3. The second-order valence-electron chi connectivity index (χ2n) is 4.02. The Balaban J connectivity index is 1.97. The standard InChI is InChI=1S/C14H10ClNO2/c15-11-3-6-13-14(7-11)18-9-16(13)12-4-1-10(8-17)2-5-12/h1-8H,9H2. The number of fused-ring (bicyclic) bond motifs is 1. The molecular formula is C14H10ClNO2. The average molecular weight is 260 g/mol. The molecule has 0 radical (unpaired) electrons. The van der Waals surface area contributed by atoms with Gasteiger partial charge in [0.15, 0.2) is 6.73 Å². The number of carbonyl (C=O) groups is 1. The fourth-order valence-electron chi connectivity index (χ4n) is 1.98. The number of halogens is 1. The van der Waals surface area contributed by atoms with E-state index in [4.69, 9.17) is 16.3 Å². The highest BCUT2D eigenvalue weighted by Crippen LogP contribution is 2.40. The molecule has 0 saturated heterocycles. The maximum Gasteiger partial charge on any atom is 0.165 e. The monoisotopic (exact) mass is 259 g/mol. The molecule has 0 saturated carbocycles. The molecule has 3 nitrogen and oxygen atoms in total. The highest BCUT2D eigenvalue weighted by molar-refractivity contribution is 6.30. The number of anilines is 2. The van der Waals surface area contributed by atoms with Crippen LogP contribution in [0.5, 0.6) is 5.75 Å². The predicted molar refractivity (Wildman–Crippen MR) is 70.9 cm³/mol. The van der Waals surface area contributed by atoms with Gasteiger partial charge in [0, 0.05) is 22.3 Å². The van der Waals surface area contributed by atoms with Gasteiger partial charge in [-0.15, -0.1) is 0 Å². The number of carbonyl (C=O) groups excluding carboxylic acids is 1. The predicted octanol–water partition coefficient (Wildman–Crippen LogP) is 3.64. The maximum atomic E-state index is 10.6. The van der Waals surface area contributed by atoms with Gasteiger partial charge in [0.1, 0.15) is 12.0 Å². The normalized spacial score (nSPS) is 13.1. The van der Waals surface area contributed by atoms with Crippen LogP contribution >= 0.6 is 11.6 Å². The van der Waals surface area contributed by atoms with Crippen molar-refractivity contribution in [2.75, 3.05) is 11.6 Å². The van der Waals surface area contributed by atoms with Gasteiger partial charge >= 0.3 is 0 Å². The lowest BCUT2D eigenvalue weighted by Gasteiger charge is -2.16. The van der Waals surface area contributed by atoms with E-state index < -0.39 is 0 Å². The molecule has 0 aromatic heterocycles. The van der Waals surface area contributed by atoms with Crippen LogP contribution in [0.25, 0.3) is 0 Å². The molecule has 1 aliphatic rings. The van der Waals surface area contributed by atoms with Gasteiger partial charge in [0.25, 0.3) is 0 Å². The molecule has 4 heteroatoms. The van der Waals surface area contributed by atoms with E-state index in [2.05, 4.69) is 0 Å². The van der Waals surface area contributed by atoms with E-state index in [0.717, 1.165) is 23.4 Å². The molecule has 1 aliphatic heterocycles. The molecule has 0 N–H and O–H groups in total. The van der Waals surface area contributed by atoms with Gasteiger partial charge < -0.3 is 9.64 Å². The zero-order valence-corrected chi connectivity index (χ0v) is 10.2. The van der Waals surface area contributed by atoms with Crippen LogP contribution in [0.1, 0.15) is 10.4 Å². The summed E-state index contributed by atoms with van der Waals surface area (Å²) in [6, 6.07) is 12.9. The van der Waals surface area contributed by atoms with Gasteiger partial charge in [-0.2, -0.15) is 0 Å². The Bertz CT molecular complexity index is 595. The Labute approximate surface area is 110 Å². The molecule has 18 heavy (non-hydrogen) atoms. The quantitative estimate of drug-likeness (QED) is 0.771. The van der Waals surface area contributed by atoms with Crippen LogP contribution in [0, 0.1) is 0 Å². The molecule has 0 amide bonds. The lowest BCUT2D eigenvalue weighted by Crippen LogP contribution is -2.15. The first kappa shape index (κ1) is 11.1. The second-order valence-corrected chi connectivity index (χ2v) is 4.46. The van der Waals surface area contributed by atoms with Gasteiger partial charge in [-0.3, -0.25) is 4.79 Å². The van der Waals surface area contributed by atoms with Crippen molar-refractivity contribution in [1.29, 1.82) is 0 Å². The Morgan fingerprint density at radius 1 is 1.17 bits per heavy atom. The van der Waals surface area contributed by atoms with E-state index in [1.807, 2.05) is 29.2 Å². The fraction of sp³-hybridized carbons (Fsp3) is 0.0714. The van der Waals surface area contributed by atoms with Crippen molar-refractivity contribution in [1.82, 2.24) is 0 Å². The molecule has 2 aromatic carbocycles. The van der Waals surface area contributed by atoms with Crippen LogP contribution in [-0.2, 0) is 0 Å². The van der Waals surface area contributed by atoms with Crippen molar-refractivity contribution < 1.29 is 9.53 Å². The van der Waals surface area contributed by atoms with Crippen molar-refractivity contribution in [3.05, 3.63) is 53.1 Å². The summed E-state index contributed by atoms with van der Waals surface area (Å²) >= 11 is 5.92. The summed E-state index contributed by atoms with van der Waals surface area (Å²) < 4.78 is 5.57. The smallest absolute Gasteiger partial charge is 0.165 e. The Hall–Kier alpha value is -2.00. The average Bonchev–Trinajstić information content (AvgIpc) is 2.81. The molecule has 2 aromatic rings. The van der Waals surface area contributed by atoms with E-state index in [0.29, 0.717) is 17.3 Å². The van der Waals surface area contributed by atoms with Gasteiger partial charge in [0.05, 0.1) is 5.69 Å². The number of aldehydes is 1. The zero-order valence-electron chi connectivity index (χ0n) is 9.47. The summed E-state index contributed by atoms with van der Waals surface area (Å²) in [6.07, 6.45) is 0.831. The molecule has 0 bridgehead atoms. The molecule has 1 heterocycles. The van der Waals surface area contributed by atoms with Gasteiger partial charge in [-0.25, -0.2) is 0 Å². The third kappa shape index (κ3) is 1.83. The van der Waals surface area contributed by atoms with Crippen molar-refractivity contribution in [3.8, 4) is 5.75 Å². The Morgan fingerprint density at radius 2 is 1.94 bits per heavy atom. The van der Waals surface area contributed by atoms with E-state index >= 15 is 0 Å². The fourth-order valence-corrected chi connectivity index (χ4v) is 2.14. The van der Waals surface area contributed by atoms with E-state index in [1.54, 1.807) is 18.2 Å². The first-order valence-electron chi connectivity index (χ1n) is 5.53. The lowest BCUT2D eigenvalue weighted by atomic mass is 10.2. The minimum atomic E-state index is 0.454. The second kappa shape index (κ2) is 4.35. The number of rotatable bonds is 2. The topological polar surface area (TPSA) is 29.5 Å². The molecule has 0 unspecified atom stereocenters. The highest BCUT2D eigenvalue weighted by atomic mass is 35.5. The highest BCUT2D eigenvalue weighted by Gasteiger charge is 2.21. The number of nitrogens with zero attached hydrogens (tertiary/aromatic N) is 1. The molecule has 0 atom stereocenters. The molecule has 3 rings (SSSR count). The summed E-state index contributed by atoms with van der Waals surface area (Å²) in [7, 11) is 0. The summed E-state index contributed by atoms with van der Waals surface area (Å²) in [4.78, 5) is 12.6. The van der Waals surface area contributed by atoms with E-state index in [-0.39, 0.29) is 0 Å². The lowest BCUT2D eigenvalue weighted by molar-refractivity contribution is 0.112. The summed E-state index contributed by atoms with van der Waals surface area (Å²) in [6.45, 7) is 0.454. The zero-order chi connectivity index (χ0) is 12.5. The van der Waals surface area contributed by atoms with Crippen LogP contribution in [-0.4, -0.2) is 13.0 Å². The third-order valence-electron chi connectivity index (χ3n) is 2.90. The number of hydrogen-bond donors (Lipinski definition) is 0. The minimum absolute atomic E-state index is 0.454. The van der Waals surface area contributed by atoms with Crippen LogP contribution in [0.15, 0.2) is 42.5 Å². The first-order chi connectivity index (χ1) is 8.78. The van der Waals surface area contributed by atoms with Crippen LogP contribution in [0.4, 0.5) is 11.4 Å². The molecule has 0 aliphatic carbocycles. The van der Waals surface area contributed by atoms with Crippen LogP contribution in [0.3, 0.4) is 0 Å². The van der Waals surface area contributed by atoms with Crippen molar-refractivity contribution >= 4 is 29.3 Å². The van der Waals surface area contributed by atoms with Gasteiger partial charge in [-0.05, 0) is 36.4 Å². The van der Waals surface area contributed by atoms with E-state index in [1.165, 1.54) is 0 Å². The molecular weight excluding hydrogens is 250 g/mol. The molecule has 90 valence electrons. The molecule has 0 fully saturated rings. The number of benzene rings is 2. The van der Waals surface area contributed by atoms with Gasteiger partial charge in [-0.1, -0.05) is 11.6 Å². The van der Waals surface area contributed by atoms with Gasteiger partial charge in [0.2, 0.25) is 0 Å². The molecule has 0 spiro atoms. The Kier molecular flexibility index (Phi) is 2.68. The van der Waals surface area contributed by atoms with Crippen molar-refractivity contribution in [2.45, 2.75) is 0 Å². The van der Waals surface area contributed by atoms with Crippen LogP contribution in [0.2, 0.25) is 5.02 Å². The minimum Gasteiger partial charge on any atom is -0.470 e. The summed E-state index contributed by atoms with van der Waals surface area (Å²) in [5.74, 6) is 0.780.